The third-order valence-corrected chi connectivity index (χ3v) is 0.782. The second kappa shape index (κ2) is 9.65. The van der Waals surface area contributed by atoms with Gasteiger partial charge in [0.15, 0.2) is 0 Å². The Balaban J connectivity index is -0.000000244. The summed E-state index contributed by atoms with van der Waals surface area (Å²) < 4.78 is 2.00. The molecule has 0 saturated carbocycles. The summed E-state index contributed by atoms with van der Waals surface area (Å²) in [5.41, 5.74) is 0. The fourth-order valence-electron chi connectivity index (χ4n) is 0.258. The van der Waals surface area contributed by atoms with Gasteiger partial charge in [0, 0.05) is 0 Å². The summed E-state index contributed by atoms with van der Waals surface area (Å²) >= 11 is 0. The number of aliphatic hydroxyl groups is 2. The van der Waals surface area contributed by atoms with E-state index in [2.05, 4.69) is 56.4 Å². The fraction of sp³-hybridized carbons (Fsp3) is 0.833. The van der Waals surface area contributed by atoms with Crippen molar-refractivity contribution in [1.29, 1.82) is 0 Å². The molecule has 0 aromatic rings. The van der Waals surface area contributed by atoms with Crippen LogP contribution in [-0.2, 0) is 9.59 Å². The lowest BCUT2D eigenvalue weighted by Gasteiger charge is -2.18. The first-order chi connectivity index (χ1) is 8.46. The van der Waals surface area contributed by atoms with Gasteiger partial charge in [-0.3, -0.25) is 0 Å². The van der Waals surface area contributed by atoms with Gasteiger partial charge in [-0.2, -0.15) is 0 Å². The van der Waals surface area contributed by atoms with Crippen molar-refractivity contribution < 1.29 is 39.0 Å². The van der Waals surface area contributed by atoms with Gasteiger partial charge in [-0.05, 0) is 0 Å². The molecule has 0 bridgehead atoms. The van der Waals surface area contributed by atoms with Gasteiger partial charge in [0.1, 0.15) is 12.2 Å². The largest absolute Gasteiger partial charge is 0.547 e. The number of nitrogens with zero attached hydrogens (tertiary/aromatic N) is 2. The molecule has 0 heterocycles. The van der Waals surface area contributed by atoms with Crippen LogP contribution in [0.15, 0.2) is 0 Å². The van der Waals surface area contributed by atoms with E-state index in [4.69, 9.17) is 10.2 Å². The molecule has 8 nitrogen and oxygen atoms in total. The first-order valence-electron chi connectivity index (χ1n) is 5.82. The smallest absolute Gasteiger partial charge is 0.124 e. The lowest BCUT2D eigenvalue weighted by Crippen LogP contribution is -2.51. The zero-order valence-electron chi connectivity index (χ0n) is 13.6. The third-order valence-electron chi connectivity index (χ3n) is 0.782. The number of quaternary nitrogens is 2. The molecule has 122 valence electrons. The van der Waals surface area contributed by atoms with Crippen LogP contribution in [-0.4, -0.2) is 99.7 Å². The second-order valence-corrected chi connectivity index (χ2v) is 6.89. The Labute approximate surface area is 120 Å². The molecular formula is C12H28N2O6. The molecule has 0 aromatic carbocycles. The molecule has 2 atom stereocenters. The summed E-state index contributed by atoms with van der Waals surface area (Å²) in [6.45, 7) is 0. The van der Waals surface area contributed by atoms with Crippen LogP contribution in [0.25, 0.3) is 0 Å². The molecule has 20 heavy (non-hydrogen) atoms. The van der Waals surface area contributed by atoms with E-state index < -0.39 is 24.1 Å². The highest BCUT2D eigenvalue weighted by molar-refractivity contribution is 5.80. The fourth-order valence-corrected chi connectivity index (χ4v) is 0.258. The summed E-state index contributed by atoms with van der Waals surface area (Å²) in [6.07, 6.45) is -4.88. The summed E-state index contributed by atoms with van der Waals surface area (Å²) in [5.74, 6) is -4.12. The van der Waals surface area contributed by atoms with Crippen LogP contribution in [0.1, 0.15) is 0 Å². The molecule has 0 rings (SSSR count). The van der Waals surface area contributed by atoms with Gasteiger partial charge >= 0.3 is 0 Å². The van der Waals surface area contributed by atoms with Crippen molar-refractivity contribution in [1.82, 2.24) is 0 Å². The minimum absolute atomic E-state index is 1.00. The van der Waals surface area contributed by atoms with Crippen LogP contribution in [0.2, 0.25) is 0 Å². The molecule has 0 radical (unpaired) electrons. The highest BCUT2D eigenvalue weighted by Gasteiger charge is 2.17. The van der Waals surface area contributed by atoms with Crippen LogP contribution >= 0.6 is 0 Å². The Hall–Kier alpha value is -1.22. The first-order valence-corrected chi connectivity index (χ1v) is 5.82. The molecule has 2 N–H and O–H groups in total. The summed E-state index contributed by atoms with van der Waals surface area (Å²) in [7, 11) is 17.0. The van der Waals surface area contributed by atoms with Gasteiger partial charge in [-0.25, -0.2) is 0 Å². The predicted molar refractivity (Wildman–Crippen MR) is 69.9 cm³/mol. The number of carbonyl (C=O) groups excluding carboxylic acids is 2. The number of hydrogen-bond acceptors (Lipinski definition) is 6. The van der Waals surface area contributed by atoms with Crippen molar-refractivity contribution in [3.63, 3.8) is 0 Å². The maximum absolute atomic E-state index is 9.63. The maximum atomic E-state index is 9.63. The lowest BCUT2D eigenvalue weighted by atomic mass is 10.2. The number of hydrogen-bond donors (Lipinski definition) is 2. The number of carboxylic acids is 2. The molecule has 0 amide bonds. The zero-order valence-corrected chi connectivity index (χ0v) is 13.6. The lowest BCUT2D eigenvalue weighted by molar-refractivity contribution is -0.849. The van der Waals surface area contributed by atoms with Gasteiger partial charge in [0.25, 0.3) is 0 Å². The minimum Gasteiger partial charge on any atom is -0.547 e. The predicted octanol–water partition coefficient (Wildman–Crippen LogP) is -4.15. The Morgan fingerprint density at radius 3 is 0.850 bits per heavy atom. The molecule has 0 saturated heterocycles. The summed E-state index contributed by atoms with van der Waals surface area (Å²) in [4.78, 5) is 19.3. The van der Waals surface area contributed by atoms with Gasteiger partial charge < -0.3 is 39.0 Å². The summed E-state index contributed by atoms with van der Waals surface area (Å²) in [5, 5.41) is 35.7. The van der Waals surface area contributed by atoms with Crippen molar-refractivity contribution >= 4 is 11.9 Å². The molecule has 0 aliphatic carbocycles. The standard InChI is InChI=1S/2C4H12N.C4H6O6/c2*1-5(2,3)4;5-1(3(7)8)2(6)4(9)10/h2*1-4H3;1-2,5-6H,(H,7,8)(H,9,10)/q2*+1;/p-2. The van der Waals surface area contributed by atoms with E-state index in [9.17, 15) is 19.8 Å². The Kier molecular flexibility index (Phi) is 11.5. The van der Waals surface area contributed by atoms with Crippen LogP contribution in [0.5, 0.6) is 0 Å². The number of rotatable bonds is 3. The van der Waals surface area contributed by atoms with E-state index in [-0.39, 0.29) is 0 Å². The average molecular weight is 296 g/mol. The molecule has 8 heteroatoms. The van der Waals surface area contributed by atoms with Crippen molar-refractivity contribution in [3.8, 4) is 0 Å². The quantitative estimate of drug-likeness (QED) is 0.510. The third kappa shape index (κ3) is 36.0. The topological polar surface area (TPSA) is 121 Å². The van der Waals surface area contributed by atoms with Gasteiger partial charge in [0.2, 0.25) is 0 Å². The zero-order chi connectivity index (χ0) is 17.3. The minimum atomic E-state index is -2.44. The Morgan fingerprint density at radius 2 is 0.800 bits per heavy atom. The molecule has 0 spiro atoms. The number of aliphatic carboxylic acids is 2. The molecule has 0 fully saturated rings. The number of aliphatic hydroxyl groups excluding tert-OH is 2. The monoisotopic (exact) mass is 296 g/mol. The average Bonchev–Trinajstić information content (AvgIpc) is 2.09. The van der Waals surface area contributed by atoms with E-state index in [1.165, 1.54) is 0 Å². The normalized spacial score (nSPS) is 13.9. The molecule has 0 aliphatic rings. The summed E-state index contributed by atoms with van der Waals surface area (Å²) in [6, 6.07) is 0. The van der Waals surface area contributed by atoms with Crippen molar-refractivity contribution in [2.45, 2.75) is 12.2 Å². The highest BCUT2D eigenvalue weighted by Crippen LogP contribution is 1.89. The van der Waals surface area contributed by atoms with Crippen molar-refractivity contribution in [3.05, 3.63) is 0 Å². The molecule has 0 aromatic heterocycles. The van der Waals surface area contributed by atoms with Gasteiger partial charge in [-0.1, -0.05) is 0 Å². The molecular weight excluding hydrogens is 268 g/mol. The SMILES string of the molecule is C[N+](C)(C)C.C[N+](C)(C)C.O=C([O-])C(O)C(O)C(=O)[O-]. The maximum Gasteiger partial charge on any atom is 0.124 e. The van der Waals surface area contributed by atoms with Gasteiger partial charge in [-0.15, -0.1) is 0 Å². The number of carbonyl (C=O) groups is 2. The molecule has 2 unspecified atom stereocenters. The van der Waals surface area contributed by atoms with Crippen LogP contribution < -0.4 is 10.2 Å². The van der Waals surface area contributed by atoms with Crippen LogP contribution in [0, 0.1) is 0 Å². The van der Waals surface area contributed by atoms with E-state index in [0.717, 1.165) is 8.97 Å². The van der Waals surface area contributed by atoms with E-state index >= 15 is 0 Å². The van der Waals surface area contributed by atoms with Crippen molar-refractivity contribution in [2.75, 3.05) is 56.4 Å². The van der Waals surface area contributed by atoms with E-state index in [1.54, 1.807) is 0 Å². The van der Waals surface area contributed by atoms with E-state index in [1.807, 2.05) is 0 Å². The first kappa shape index (κ1) is 23.8. The Bertz CT molecular complexity index is 251. The number of carboxylic acid groups (broad SMARTS) is 2. The van der Waals surface area contributed by atoms with Crippen LogP contribution in [0.4, 0.5) is 0 Å². The van der Waals surface area contributed by atoms with Crippen molar-refractivity contribution in [2.24, 2.45) is 0 Å². The molecule has 0 aliphatic heterocycles. The van der Waals surface area contributed by atoms with Gasteiger partial charge in [0.05, 0.1) is 68.3 Å². The highest BCUT2D eigenvalue weighted by atomic mass is 16.4. The second-order valence-electron chi connectivity index (χ2n) is 6.89. The van der Waals surface area contributed by atoms with E-state index in [0.29, 0.717) is 0 Å². The van der Waals surface area contributed by atoms with Crippen LogP contribution in [0.3, 0.4) is 0 Å². The Morgan fingerprint density at radius 1 is 0.700 bits per heavy atom.